The molecule has 0 aliphatic rings. The Morgan fingerprint density at radius 1 is 1.24 bits per heavy atom. The summed E-state index contributed by atoms with van der Waals surface area (Å²) in [6, 6.07) is 7.52. The third kappa shape index (κ3) is 4.34. The molecule has 0 fully saturated rings. The largest absolute Gasteiger partial charge is 0.350 e. The third-order valence-electron chi connectivity index (χ3n) is 1.69. The number of primary amides is 1. The number of rotatable bonds is 2. The molecule has 7 heteroatoms. The average molecular weight is 274 g/mol. The summed E-state index contributed by atoms with van der Waals surface area (Å²) in [5.74, 6) is -0.616. The van der Waals surface area contributed by atoms with E-state index in [1.807, 2.05) is 0 Å². The Labute approximate surface area is 108 Å². The normalized spacial score (nSPS) is 9.29. The van der Waals surface area contributed by atoms with E-state index in [4.69, 9.17) is 28.9 Å². The first-order valence-electron chi connectivity index (χ1n) is 4.48. The van der Waals surface area contributed by atoms with Gasteiger partial charge in [0.2, 0.25) is 0 Å². The molecular weight excluding hydrogens is 265 g/mol. The Hall–Kier alpha value is -1.72. The van der Waals surface area contributed by atoms with E-state index in [-0.39, 0.29) is 4.49 Å². The van der Waals surface area contributed by atoms with Crippen LogP contribution in [0.2, 0.25) is 0 Å². The van der Waals surface area contributed by atoms with Gasteiger partial charge in [-0.3, -0.25) is 4.79 Å². The minimum atomic E-state index is -0.874. The Morgan fingerprint density at radius 2 is 1.82 bits per heavy atom. The first-order chi connectivity index (χ1) is 8.00. The first-order valence-corrected chi connectivity index (χ1v) is 5.24. The number of amides is 3. The van der Waals surface area contributed by atoms with Gasteiger partial charge >= 0.3 is 6.03 Å². The fourth-order valence-corrected chi connectivity index (χ4v) is 1.28. The molecule has 5 nitrogen and oxygen atoms in total. The summed E-state index contributed by atoms with van der Waals surface area (Å²) in [4.78, 5) is 22.5. The molecule has 17 heavy (non-hydrogen) atoms. The van der Waals surface area contributed by atoms with Gasteiger partial charge in [-0.1, -0.05) is 41.4 Å². The number of anilines is 1. The van der Waals surface area contributed by atoms with Gasteiger partial charge in [0.05, 0.1) is 5.69 Å². The summed E-state index contributed by atoms with van der Waals surface area (Å²) in [7, 11) is 0. The molecule has 0 aromatic heterocycles. The maximum Gasteiger partial charge on any atom is 0.331 e. The molecule has 1 aromatic rings. The van der Waals surface area contributed by atoms with Gasteiger partial charge in [-0.2, -0.15) is 0 Å². The van der Waals surface area contributed by atoms with Crippen molar-refractivity contribution in [2.45, 2.75) is 0 Å². The molecule has 3 N–H and O–H groups in total. The van der Waals surface area contributed by atoms with Gasteiger partial charge in [-0.15, -0.1) is 0 Å². The second-order valence-corrected chi connectivity index (χ2v) is 3.93. The molecule has 0 radical (unpaired) electrons. The van der Waals surface area contributed by atoms with Crippen LogP contribution >= 0.6 is 23.2 Å². The van der Waals surface area contributed by atoms with Crippen LogP contribution in [0, 0.1) is 0 Å². The summed E-state index contributed by atoms with van der Waals surface area (Å²) in [6.07, 6.45) is 0.950. The van der Waals surface area contributed by atoms with Crippen molar-refractivity contribution < 1.29 is 9.59 Å². The lowest BCUT2D eigenvalue weighted by Gasteiger charge is -2.20. The summed E-state index contributed by atoms with van der Waals surface area (Å²) < 4.78 is -0.220. The van der Waals surface area contributed by atoms with Crippen molar-refractivity contribution in [2.75, 3.05) is 5.01 Å². The minimum absolute atomic E-state index is 0.220. The zero-order valence-electron chi connectivity index (χ0n) is 8.56. The molecule has 0 saturated heterocycles. The van der Waals surface area contributed by atoms with E-state index in [0.29, 0.717) is 5.69 Å². The molecule has 0 spiro atoms. The summed E-state index contributed by atoms with van der Waals surface area (Å²) in [5, 5.41) is 0.938. The number of carbonyl (C=O) groups is 2. The maximum absolute atomic E-state index is 11.7. The van der Waals surface area contributed by atoms with Crippen molar-refractivity contribution in [1.29, 1.82) is 0 Å². The average Bonchev–Trinajstić information content (AvgIpc) is 2.25. The Kier molecular flexibility index (Phi) is 4.81. The van der Waals surface area contributed by atoms with E-state index in [9.17, 15) is 9.59 Å². The topological polar surface area (TPSA) is 75.4 Å². The number of nitrogens with zero attached hydrogens (tertiary/aromatic N) is 1. The number of halogens is 2. The van der Waals surface area contributed by atoms with Gasteiger partial charge < -0.3 is 5.73 Å². The van der Waals surface area contributed by atoms with E-state index in [0.717, 1.165) is 11.1 Å². The van der Waals surface area contributed by atoms with E-state index < -0.39 is 11.9 Å². The van der Waals surface area contributed by atoms with E-state index in [1.54, 1.807) is 30.3 Å². The molecule has 1 rings (SSSR count). The first kappa shape index (κ1) is 13.3. The molecule has 0 aliphatic carbocycles. The predicted molar refractivity (Wildman–Crippen MR) is 66.4 cm³/mol. The van der Waals surface area contributed by atoms with Crippen LogP contribution in [0.3, 0.4) is 0 Å². The molecule has 0 aliphatic heterocycles. The highest BCUT2D eigenvalue weighted by Gasteiger charge is 2.15. The van der Waals surface area contributed by atoms with Crippen LogP contribution in [0.5, 0.6) is 0 Å². The predicted octanol–water partition coefficient (Wildman–Crippen LogP) is 1.92. The Balaban J connectivity index is 3.00. The summed E-state index contributed by atoms with van der Waals surface area (Å²) in [6.45, 7) is 0. The quantitative estimate of drug-likeness (QED) is 0.638. The molecule has 0 saturated carbocycles. The van der Waals surface area contributed by atoms with E-state index in [1.165, 1.54) is 0 Å². The Bertz CT molecular complexity index is 444. The van der Waals surface area contributed by atoms with Crippen LogP contribution in [-0.4, -0.2) is 11.9 Å². The lowest BCUT2D eigenvalue weighted by Crippen LogP contribution is -2.48. The van der Waals surface area contributed by atoms with Crippen LogP contribution < -0.4 is 16.2 Å². The lowest BCUT2D eigenvalue weighted by atomic mass is 10.3. The molecule has 0 unspecified atom stereocenters. The number of hydrogen-bond acceptors (Lipinski definition) is 2. The number of nitrogens with two attached hydrogens (primary N) is 1. The standard InChI is InChI=1S/C10H9Cl2N3O2/c11-8(12)6-9(16)15(14-10(13)17)7-4-2-1-3-5-7/h1-6H,(H3,13,14,17). The minimum Gasteiger partial charge on any atom is -0.350 e. The van der Waals surface area contributed by atoms with Crippen LogP contribution in [0.4, 0.5) is 10.5 Å². The zero-order chi connectivity index (χ0) is 12.8. The second-order valence-electron chi connectivity index (χ2n) is 2.92. The van der Waals surface area contributed by atoms with E-state index >= 15 is 0 Å². The van der Waals surface area contributed by atoms with Gasteiger partial charge in [-0.05, 0) is 12.1 Å². The number of hydrazine groups is 1. The molecule has 1 aromatic carbocycles. The highest BCUT2D eigenvalue weighted by atomic mass is 35.5. The fourth-order valence-electron chi connectivity index (χ4n) is 1.09. The Morgan fingerprint density at radius 3 is 2.29 bits per heavy atom. The van der Waals surface area contributed by atoms with Crippen molar-refractivity contribution in [1.82, 2.24) is 5.43 Å². The number of nitrogens with one attached hydrogen (secondary N) is 1. The molecule has 0 bridgehead atoms. The number of hydrogen-bond donors (Lipinski definition) is 2. The van der Waals surface area contributed by atoms with Crippen molar-refractivity contribution >= 4 is 40.8 Å². The van der Waals surface area contributed by atoms with Crippen LogP contribution in [0.1, 0.15) is 0 Å². The van der Waals surface area contributed by atoms with Crippen LogP contribution in [0.15, 0.2) is 40.9 Å². The summed E-state index contributed by atoms with van der Waals surface area (Å²) in [5.41, 5.74) is 7.56. The van der Waals surface area contributed by atoms with Crippen LogP contribution in [-0.2, 0) is 4.79 Å². The molecule has 90 valence electrons. The van der Waals surface area contributed by atoms with Crippen molar-refractivity contribution in [3.05, 3.63) is 40.9 Å². The smallest absolute Gasteiger partial charge is 0.331 e. The second kappa shape index (κ2) is 6.12. The van der Waals surface area contributed by atoms with Crippen molar-refractivity contribution in [3.8, 4) is 0 Å². The van der Waals surface area contributed by atoms with Gasteiger partial charge in [0.15, 0.2) is 0 Å². The number of para-hydroxylation sites is 1. The highest BCUT2D eigenvalue weighted by Crippen LogP contribution is 2.13. The molecule has 0 heterocycles. The van der Waals surface area contributed by atoms with Gasteiger partial charge in [0.25, 0.3) is 5.91 Å². The number of carbonyl (C=O) groups excluding carboxylic acids is 2. The van der Waals surface area contributed by atoms with Gasteiger partial charge in [0, 0.05) is 6.08 Å². The number of benzene rings is 1. The molecule has 3 amide bonds. The van der Waals surface area contributed by atoms with Gasteiger partial charge in [0.1, 0.15) is 4.49 Å². The van der Waals surface area contributed by atoms with E-state index in [2.05, 4.69) is 5.43 Å². The molecule has 0 atom stereocenters. The number of urea groups is 1. The maximum atomic E-state index is 11.7. The highest BCUT2D eigenvalue weighted by molar-refractivity contribution is 6.56. The van der Waals surface area contributed by atoms with Crippen LogP contribution in [0.25, 0.3) is 0 Å². The molecular formula is C10H9Cl2N3O2. The lowest BCUT2D eigenvalue weighted by molar-refractivity contribution is -0.114. The monoisotopic (exact) mass is 273 g/mol. The van der Waals surface area contributed by atoms with Gasteiger partial charge in [-0.25, -0.2) is 15.2 Å². The zero-order valence-corrected chi connectivity index (χ0v) is 10.1. The van der Waals surface area contributed by atoms with Crippen molar-refractivity contribution in [2.24, 2.45) is 5.73 Å². The third-order valence-corrected chi connectivity index (χ3v) is 1.91. The fraction of sp³-hybridized carbons (Fsp3) is 0. The summed E-state index contributed by atoms with van der Waals surface area (Å²) >= 11 is 10.8. The SMILES string of the molecule is NC(=O)NN(C(=O)C=C(Cl)Cl)c1ccccc1. The van der Waals surface area contributed by atoms with Crippen molar-refractivity contribution in [3.63, 3.8) is 0 Å².